The molecule has 8 heteroatoms. The van der Waals surface area contributed by atoms with Gasteiger partial charge in [0, 0.05) is 15.6 Å². The second-order valence-electron chi connectivity index (χ2n) is 5.19. The van der Waals surface area contributed by atoms with Gasteiger partial charge in [0.2, 0.25) is 5.95 Å². The Kier molecular flexibility index (Phi) is 5.10. The number of aromatic hydroxyl groups is 1. The summed E-state index contributed by atoms with van der Waals surface area (Å²) in [5.41, 5.74) is 3.57. The minimum Gasteiger partial charge on any atom is -0.508 e. The highest BCUT2D eigenvalue weighted by Crippen LogP contribution is 2.21. The highest BCUT2D eigenvalue weighted by molar-refractivity contribution is 9.10. The third-order valence-electron chi connectivity index (χ3n) is 3.43. The number of nitrogens with zero attached hydrogens (tertiary/aromatic N) is 3. The Morgan fingerprint density at radius 2 is 2.04 bits per heavy atom. The predicted molar refractivity (Wildman–Crippen MR) is 102 cm³/mol. The smallest absolute Gasteiger partial charge is 0.270 e. The van der Waals surface area contributed by atoms with Crippen molar-refractivity contribution in [1.29, 1.82) is 5.26 Å². The Labute approximate surface area is 156 Å². The van der Waals surface area contributed by atoms with Crippen molar-refractivity contribution < 1.29 is 5.11 Å². The van der Waals surface area contributed by atoms with Gasteiger partial charge in [-0.15, -0.1) is 0 Å². The van der Waals surface area contributed by atoms with E-state index in [2.05, 4.69) is 36.4 Å². The number of phenolic OH excluding ortho intramolecular Hbond substituents is 1. The normalized spacial score (nSPS) is 10.6. The monoisotopic (exact) mass is 409 g/mol. The molecule has 3 aromatic rings. The van der Waals surface area contributed by atoms with E-state index in [-0.39, 0.29) is 23.0 Å². The Balaban J connectivity index is 1.93. The van der Waals surface area contributed by atoms with Crippen LogP contribution in [0.25, 0.3) is 11.3 Å². The summed E-state index contributed by atoms with van der Waals surface area (Å²) in [4.78, 5) is 18.9. The van der Waals surface area contributed by atoms with E-state index < -0.39 is 5.56 Å². The average Bonchev–Trinajstić information content (AvgIpc) is 2.65. The van der Waals surface area contributed by atoms with E-state index >= 15 is 0 Å². The summed E-state index contributed by atoms with van der Waals surface area (Å²) < 4.78 is 0.743. The lowest BCUT2D eigenvalue weighted by Crippen LogP contribution is -2.16. The first-order valence-corrected chi connectivity index (χ1v) is 8.25. The van der Waals surface area contributed by atoms with E-state index in [0.29, 0.717) is 11.1 Å². The molecule has 0 saturated carbocycles. The zero-order valence-corrected chi connectivity index (χ0v) is 14.9. The quantitative estimate of drug-likeness (QED) is 0.452. The van der Waals surface area contributed by atoms with Gasteiger partial charge in [0.1, 0.15) is 17.4 Å². The zero-order chi connectivity index (χ0) is 18.5. The second kappa shape index (κ2) is 7.63. The van der Waals surface area contributed by atoms with E-state index in [4.69, 9.17) is 0 Å². The number of nitriles is 1. The van der Waals surface area contributed by atoms with Gasteiger partial charge in [0.15, 0.2) is 0 Å². The molecule has 0 aliphatic rings. The Morgan fingerprint density at radius 1 is 1.27 bits per heavy atom. The number of nitrogens with one attached hydrogen (secondary N) is 2. The molecule has 26 heavy (non-hydrogen) atoms. The lowest BCUT2D eigenvalue weighted by molar-refractivity contribution is 0.475. The molecule has 0 saturated heterocycles. The van der Waals surface area contributed by atoms with Crippen molar-refractivity contribution in [3.05, 3.63) is 74.5 Å². The van der Waals surface area contributed by atoms with Gasteiger partial charge in [-0.2, -0.15) is 10.4 Å². The van der Waals surface area contributed by atoms with Crippen molar-refractivity contribution in [2.75, 3.05) is 5.43 Å². The Morgan fingerprint density at radius 3 is 2.77 bits per heavy atom. The fourth-order valence-electron chi connectivity index (χ4n) is 2.23. The summed E-state index contributed by atoms with van der Waals surface area (Å²) in [5, 5.41) is 22.8. The van der Waals surface area contributed by atoms with Crippen LogP contribution in [0.3, 0.4) is 0 Å². The summed E-state index contributed by atoms with van der Waals surface area (Å²) in [6.07, 6.45) is 1.46. The fraction of sp³-hybridized carbons (Fsp3) is 0. The highest BCUT2D eigenvalue weighted by atomic mass is 79.9. The van der Waals surface area contributed by atoms with E-state index in [0.717, 1.165) is 4.47 Å². The number of hydrogen-bond acceptors (Lipinski definition) is 6. The number of benzene rings is 2. The lowest BCUT2D eigenvalue weighted by atomic mass is 10.1. The van der Waals surface area contributed by atoms with Crippen LogP contribution in [-0.2, 0) is 0 Å². The molecule has 0 unspecified atom stereocenters. The molecule has 128 valence electrons. The number of rotatable bonds is 4. The van der Waals surface area contributed by atoms with E-state index in [1.54, 1.807) is 36.4 Å². The van der Waals surface area contributed by atoms with Gasteiger partial charge >= 0.3 is 0 Å². The molecule has 0 spiro atoms. The summed E-state index contributed by atoms with van der Waals surface area (Å²) in [6.45, 7) is 0. The van der Waals surface area contributed by atoms with Gasteiger partial charge in [-0.25, -0.2) is 10.4 Å². The minimum atomic E-state index is -0.558. The van der Waals surface area contributed by atoms with Crippen LogP contribution in [0.1, 0.15) is 11.1 Å². The third kappa shape index (κ3) is 3.79. The van der Waals surface area contributed by atoms with Crippen LogP contribution < -0.4 is 11.0 Å². The molecule has 1 heterocycles. The number of aromatic nitrogens is 2. The summed E-state index contributed by atoms with van der Waals surface area (Å²) >= 11 is 3.35. The van der Waals surface area contributed by atoms with E-state index in [9.17, 15) is 15.2 Å². The van der Waals surface area contributed by atoms with Crippen molar-refractivity contribution in [1.82, 2.24) is 9.97 Å². The topological polar surface area (TPSA) is 114 Å². The molecule has 3 N–H and O–H groups in total. The summed E-state index contributed by atoms with van der Waals surface area (Å²) in [7, 11) is 0. The maximum atomic E-state index is 12.1. The van der Waals surface area contributed by atoms with Crippen molar-refractivity contribution in [2.45, 2.75) is 0 Å². The maximum Gasteiger partial charge on any atom is 0.270 e. The molecule has 0 aliphatic heterocycles. The number of hydrazone groups is 1. The first kappa shape index (κ1) is 17.4. The van der Waals surface area contributed by atoms with Gasteiger partial charge in [0.25, 0.3) is 5.56 Å². The number of aromatic amines is 1. The molecular weight excluding hydrogens is 398 g/mol. The van der Waals surface area contributed by atoms with E-state index in [1.165, 1.54) is 12.3 Å². The van der Waals surface area contributed by atoms with Crippen LogP contribution in [0.4, 0.5) is 5.95 Å². The van der Waals surface area contributed by atoms with Gasteiger partial charge in [0.05, 0.1) is 11.9 Å². The predicted octanol–water partition coefficient (Wildman–Crippen LogP) is 3.22. The summed E-state index contributed by atoms with van der Waals surface area (Å²) in [5.74, 6) is 0.200. The van der Waals surface area contributed by atoms with Crippen LogP contribution >= 0.6 is 15.9 Å². The van der Waals surface area contributed by atoms with Crippen molar-refractivity contribution in [2.24, 2.45) is 5.10 Å². The molecule has 7 nitrogen and oxygen atoms in total. The molecule has 1 aromatic heterocycles. The molecule has 0 amide bonds. The van der Waals surface area contributed by atoms with Crippen LogP contribution in [0, 0.1) is 11.3 Å². The second-order valence-corrected chi connectivity index (χ2v) is 6.05. The number of hydrogen-bond donors (Lipinski definition) is 3. The van der Waals surface area contributed by atoms with Crippen molar-refractivity contribution >= 4 is 28.1 Å². The lowest BCUT2D eigenvalue weighted by Gasteiger charge is -2.06. The van der Waals surface area contributed by atoms with Crippen LogP contribution in [0.5, 0.6) is 5.75 Å². The van der Waals surface area contributed by atoms with Crippen molar-refractivity contribution in [3.8, 4) is 23.1 Å². The van der Waals surface area contributed by atoms with E-state index in [1.807, 2.05) is 12.1 Å². The molecule has 3 rings (SSSR count). The molecule has 0 bridgehead atoms. The largest absolute Gasteiger partial charge is 0.508 e. The van der Waals surface area contributed by atoms with Gasteiger partial charge < -0.3 is 5.11 Å². The number of phenols is 1. The average molecular weight is 410 g/mol. The van der Waals surface area contributed by atoms with Gasteiger partial charge in [-0.3, -0.25) is 9.78 Å². The first-order valence-electron chi connectivity index (χ1n) is 7.46. The number of H-pyrrole nitrogens is 1. The zero-order valence-electron chi connectivity index (χ0n) is 13.3. The molecule has 0 fully saturated rings. The Bertz CT molecular complexity index is 1070. The Hall–Kier alpha value is -3.44. The number of anilines is 1. The van der Waals surface area contributed by atoms with Gasteiger partial charge in [-0.05, 0) is 18.2 Å². The SMILES string of the molecule is N#Cc1c(-c2ccccc2)nc(NN=Cc2cc(O)ccc2Br)[nH]c1=O. The standard InChI is InChI=1S/C18H12BrN5O2/c19-15-7-6-13(25)8-12(15)10-21-24-18-22-16(11-4-2-1-3-5-11)14(9-20)17(26)23-18/h1-8,10,25H,(H2,22,23,24,26). The molecule has 0 atom stereocenters. The highest BCUT2D eigenvalue weighted by Gasteiger charge is 2.12. The first-order chi connectivity index (χ1) is 12.6. The van der Waals surface area contributed by atoms with Crippen LogP contribution in [0.2, 0.25) is 0 Å². The third-order valence-corrected chi connectivity index (χ3v) is 4.15. The minimum absolute atomic E-state index is 0.0681. The molecular formula is C18H12BrN5O2. The van der Waals surface area contributed by atoms with Gasteiger partial charge in [-0.1, -0.05) is 46.3 Å². The molecule has 2 aromatic carbocycles. The fourth-order valence-corrected chi connectivity index (χ4v) is 2.58. The summed E-state index contributed by atoms with van der Waals surface area (Å²) in [6, 6.07) is 15.6. The van der Waals surface area contributed by atoms with Crippen molar-refractivity contribution in [3.63, 3.8) is 0 Å². The molecule has 0 aliphatic carbocycles. The maximum absolute atomic E-state index is 12.1. The van der Waals surface area contributed by atoms with Crippen LogP contribution in [-0.4, -0.2) is 21.3 Å². The van der Waals surface area contributed by atoms with Crippen LogP contribution in [0.15, 0.2) is 62.9 Å². The number of halogens is 1. The molecule has 0 radical (unpaired) electrons.